The Kier molecular flexibility index (Phi) is 7.75. The first-order chi connectivity index (χ1) is 12.6. The number of benzene rings is 1. The van der Waals surface area contributed by atoms with Crippen molar-refractivity contribution >= 4 is 24.0 Å². The standard InChI is InChI=1S/C21H26FN3O.ClH/c1-3-19(4-2)24-11-13-25(14-12-24)20-10-7-17(15-23-20)21(26)16-5-8-18(22)9-6-16;/h5-10,15,19H,3-4,11-14H2,1-2H3;1H. The Morgan fingerprint density at radius 2 is 1.59 bits per heavy atom. The van der Waals surface area contributed by atoms with Crippen LogP contribution in [0.2, 0.25) is 0 Å². The lowest BCUT2D eigenvalue weighted by molar-refractivity contribution is 0.103. The summed E-state index contributed by atoms with van der Waals surface area (Å²) in [5.41, 5.74) is 0.996. The summed E-state index contributed by atoms with van der Waals surface area (Å²) in [6.45, 7) is 8.50. The molecule has 0 spiro atoms. The highest BCUT2D eigenvalue weighted by Crippen LogP contribution is 2.18. The normalized spacial score (nSPS) is 14.9. The molecule has 3 rings (SSSR count). The van der Waals surface area contributed by atoms with Gasteiger partial charge in [0.2, 0.25) is 0 Å². The van der Waals surface area contributed by atoms with Crippen LogP contribution in [0.1, 0.15) is 42.6 Å². The molecule has 4 nitrogen and oxygen atoms in total. The molecule has 0 saturated carbocycles. The maximum Gasteiger partial charge on any atom is 0.194 e. The van der Waals surface area contributed by atoms with E-state index in [9.17, 15) is 9.18 Å². The number of ketones is 1. The predicted octanol–water partition coefficient (Wildman–Crippen LogP) is 4.18. The molecule has 1 aliphatic rings. The second-order valence-corrected chi connectivity index (χ2v) is 6.73. The lowest BCUT2D eigenvalue weighted by Gasteiger charge is -2.39. The van der Waals surface area contributed by atoms with Gasteiger partial charge in [0.1, 0.15) is 11.6 Å². The van der Waals surface area contributed by atoms with Crippen LogP contribution < -0.4 is 4.90 Å². The van der Waals surface area contributed by atoms with Crippen molar-refractivity contribution in [2.24, 2.45) is 0 Å². The highest BCUT2D eigenvalue weighted by atomic mass is 35.5. The molecule has 0 atom stereocenters. The third kappa shape index (κ3) is 5.05. The fraction of sp³-hybridized carbons (Fsp3) is 0.429. The molecule has 1 aliphatic heterocycles. The number of hydrogen-bond donors (Lipinski definition) is 0. The smallest absolute Gasteiger partial charge is 0.194 e. The van der Waals surface area contributed by atoms with Crippen LogP contribution in [-0.4, -0.2) is 47.9 Å². The van der Waals surface area contributed by atoms with Crippen LogP contribution in [-0.2, 0) is 0 Å². The molecule has 0 aliphatic carbocycles. The quantitative estimate of drug-likeness (QED) is 0.692. The van der Waals surface area contributed by atoms with Crippen molar-refractivity contribution in [2.75, 3.05) is 31.1 Å². The molecule has 0 bridgehead atoms. The number of aromatic nitrogens is 1. The van der Waals surface area contributed by atoms with E-state index in [0.29, 0.717) is 17.2 Å². The number of carbonyl (C=O) groups excluding carboxylic acids is 1. The van der Waals surface area contributed by atoms with Gasteiger partial charge in [0.05, 0.1) is 0 Å². The molecule has 0 N–H and O–H groups in total. The van der Waals surface area contributed by atoms with E-state index in [2.05, 4.69) is 28.6 Å². The predicted molar refractivity (Wildman–Crippen MR) is 109 cm³/mol. The van der Waals surface area contributed by atoms with Crippen molar-refractivity contribution in [1.82, 2.24) is 9.88 Å². The van der Waals surface area contributed by atoms with Gasteiger partial charge in [-0.1, -0.05) is 13.8 Å². The number of anilines is 1. The monoisotopic (exact) mass is 391 g/mol. The molecule has 1 fully saturated rings. The van der Waals surface area contributed by atoms with Crippen molar-refractivity contribution in [3.63, 3.8) is 0 Å². The van der Waals surface area contributed by atoms with Crippen LogP contribution >= 0.6 is 12.4 Å². The van der Waals surface area contributed by atoms with Crippen LogP contribution in [0.25, 0.3) is 0 Å². The Morgan fingerprint density at radius 3 is 2.11 bits per heavy atom. The molecule has 1 aromatic carbocycles. The number of nitrogens with zero attached hydrogens (tertiary/aromatic N) is 3. The van der Waals surface area contributed by atoms with Gasteiger partial charge in [0.25, 0.3) is 0 Å². The SMILES string of the molecule is CCC(CC)N1CCN(c2ccc(C(=O)c3ccc(F)cc3)cn2)CC1.Cl. The summed E-state index contributed by atoms with van der Waals surface area (Å²) in [4.78, 5) is 21.8. The molecule has 2 heterocycles. The number of carbonyl (C=O) groups is 1. The van der Waals surface area contributed by atoms with Crippen LogP contribution in [0, 0.1) is 5.82 Å². The Balaban J connectivity index is 0.00000261. The minimum atomic E-state index is -0.345. The van der Waals surface area contributed by atoms with Gasteiger partial charge < -0.3 is 4.90 Å². The first kappa shape index (κ1) is 21.3. The molecule has 0 unspecified atom stereocenters. The van der Waals surface area contributed by atoms with E-state index in [0.717, 1.165) is 32.0 Å². The van der Waals surface area contributed by atoms with Gasteiger partial charge in [-0.05, 0) is 49.2 Å². The lowest BCUT2D eigenvalue weighted by atomic mass is 10.1. The van der Waals surface area contributed by atoms with Gasteiger partial charge in [-0.25, -0.2) is 9.37 Å². The fourth-order valence-corrected chi connectivity index (χ4v) is 3.60. The van der Waals surface area contributed by atoms with Crippen molar-refractivity contribution in [1.29, 1.82) is 0 Å². The van der Waals surface area contributed by atoms with Crippen molar-refractivity contribution < 1.29 is 9.18 Å². The van der Waals surface area contributed by atoms with E-state index in [1.807, 2.05) is 6.07 Å². The van der Waals surface area contributed by atoms with Gasteiger partial charge in [-0.3, -0.25) is 9.69 Å². The van der Waals surface area contributed by atoms with Gasteiger partial charge in [0, 0.05) is 49.5 Å². The van der Waals surface area contributed by atoms with Gasteiger partial charge in [0.15, 0.2) is 5.78 Å². The third-order valence-electron chi connectivity index (χ3n) is 5.21. The van der Waals surface area contributed by atoms with Gasteiger partial charge >= 0.3 is 0 Å². The molecule has 27 heavy (non-hydrogen) atoms. The maximum atomic E-state index is 13.0. The van der Waals surface area contributed by atoms with E-state index in [-0.39, 0.29) is 24.0 Å². The van der Waals surface area contributed by atoms with Crippen LogP contribution in [0.3, 0.4) is 0 Å². The third-order valence-corrected chi connectivity index (χ3v) is 5.21. The zero-order valence-corrected chi connectivity index (χ0v) is 16.7. The Morgan fingerprint density at radius 1 is 1.00 bits per heavy atom. The molecule has 0 amide bonds. The van der Waals surface area contributed by atoms with Crippen molar-refractivity contribution in [3.8, 4) is 0 Å². The minimum Gasteiger partial charge on any atom is -0.354 e. The summed E-state index contributed by atoms with van der Waals surface area (Å²) in [5.74, 6) is 0.426. The number of piperazine rings is 1. The topological polar surface area (TPSA) is 36.4 Å². The summed E-state index contributed by atoms with van der Waals surface area (Å²) in [5, 5.41) is 0. The summed E-state index contributed by atoms with van der Waals surface area (Å²) < 4.78 is 13.0. The summed E-state index contributed by atoms with van der Waals surface area (Å²) in [6.07, 6.45) is 4.00. The van der Waals surface area contributed by atoms with E-state index in [1.54, 1.807) is 12.3 Å². The van der Waals surface area contributed by atoms with E-state index >= 15 is 0 Å². The molecule has 1 saturated heterocycles. The molecule has 0 radical (unpaired) electrons. The highest BCUT2D eigenvalue weighted by Gasteiger charge is 2.22. The summed E-state index contributed by atoms with van der Waals surface area (Å²) in [7, 11) is 0. The van der Waals surface area contributed by atoms with E-state index in [1.165, 1.54) is 37.1 Å². The van der Waals surface area contributed by atoms with Crippen molar-refractivity contribution in [3.05, 3.63) is 59.5 Å². The zero-order chi connectivity index (χ0) is 18.5. The molecular weight excluding hydrogens is 365 g/mol. The highest BCUT2D eigenvalue weighted by molar-refractivity contribution is 6.08. The summed E-state index contributed by atoms with van der Waals surface area (Å²) in [6, 6.07) is 9.99. The molecule has 1 aromatic heterocycles. The minimum absolute atomic E-state index is 0. The molecule has 6 heteroatoms. The second-order valence-electron chi connectivity index (χ2n) is 6.73. The second kappa shape index (κ2) is 9.81. The van der Waals surface area contributed by atoms with Crippen LogP contribution in [0.15, 0.2) is 42.6 Å². The number of halogens is 2. The maximum absolute atomic E-state index is 13.0. The van der Waals surface area contributed by atoms with Gasteiger partial charge in [-0.2, -0.15) is 0 Å². The first-order valence-electron chi connectivity index (χ1n) is 9.37. The molecule has 146 valence electrons. The van der Waals surface area contributed by atoms with E-state index < -0.39 is 0 Å². The summed E-state index contributed by atoms with van der Waals surface area (Å²) >= 11 is 0. The Labute approximate surface area is 166 Å². The van der Waals surface area contributed by atoms with Gasteiger partial charge in [-0.15, -0.1) is 12.4 Å². The average molecular weight is 392 g/mol. The largest absolute Gasteiger partial charge is 0.354 e. The number of hydrogen-bond acceptors (Lipinski definition) is 4. The molecular formula is C21H27ClFN3O. The van der Waals surface area contributed by atoms with E-state index in [4.69, 9.17) is 0 Å². The first-order valence-corrected chi connectivity index (χ1v) is 9.37. The fourth-order valence-electron chi connectivity index (χ4n) is 3.60. The zero-order valence-electron chi connectivity index (χ0n) is 15.9. The molecule has 2 aromatic rings. The number of pyridine rings is 1. The Bertz CT molecular complexity index is 724. The van der Waals surface area contributed by atoms with Crippen molar-refractivity contribution in [2.45, 2.75) is 32.7 Å². The lowest BCUT2D eigenvalue weighted by Crippen LogP contribution is -2.50. The number of rotatable bonds is 6. The average Bonchev–Trinajstić information content (AvgIpc) is 2.70. The van der Waals surface area contributed by atoms with Crippen LogP contribution in [0.4, 0.5) is 10.2 Å². The Hall–Kier alpha value is -1.98. The van der Waals surface area contributed by atoms with Crippen LogP contribution in [0.5, 0.6) is 0 Å².